The minimum Gasteiger partial charge on any atom is -0.292 e. The van der Waals surface area contributed by atoms with E-state index in [0.29, 0.717) is 11.1 Å². The van der Waals surface area contributed by atoms with Crippen molar-refractivity contribution < 1.29 is 0 Å². The van der Waals surface area contributed by atoms with Crippen LogP contribution in [0.3, 0.4) is 0 Å². The number of hydrazine groups is 1. The number of nitrogens with two attached hydrogens (primary N) is 1. The molecule has 0 atom stereocenters. The Morgan fingerprint density at radius 1 is 1.10 bits per heavy atom. The lowest BCUT2D eigenvalue weighted by atomic mass is 10.2. The molecule has 0 saturated carbocycles. The number of nitrogens with one attached hydrogen (secondary N) is 1. The lowest BCUT2D eigenvalue weighted by Crippen LogP contribution is -2.11. The average molecular weight is 284 g/mol. The molecule has 2 aromatic heterocycles. The molecular weight excluding hydrogens is 272 g/mol. The van der Waals surface area contributed by atoms with E-state index in [-0.39, 0.29) is 0 Å². The first kappa shape index (κ1) is 12.8. The Morgan fingerprint density at radius 2 is 1.85 bits per heavy atom. The second-order valence-corrected chi connectivity index (χ2v) is 5.11. The number of nitrogen functional groups attached to an aromatic ring is 1. The first-order chi connectivity index (χ1) is 9.76. The summed E-state index contributed by atoms with van der Waals surface area (Å²) in [6, 6.07) is 7.75. The van der Waals surface area contributed by atoms with E-state index in [0.717, 1.165) is 21.5 Å². The first-order valence-corrected chi connectivity index (χ1v) is 6.78. The van der Waals surface area contributed by atoms with Crippen LogP contribution in [0.15, 0.2) is 46.8 Å². The number of nitrogens with zero attached hydrogens (tertiary/aromatic N) is 4. The fraction of sp³-hybridized carbons (Fsp3) is 0.0769. The van der Waals surface area contributed by atoms with E-state index in [4.69, 9.17) is 5.84 Å². The molecule has 0 radical (unpaired) electrons. The van der Waals surface area contributed by atoms with Crippen molar-refractivity contribution >= 4 is 28.6 Å². The van der Waals surface area contributed by atoms with Crippen LogP contribution in [0.2, 0.25) is 0 Å². The predicted octanol–water partition coefficient (Wildman–Crippen LogP) is 2.17. The second kappa shape index (κ2) is 5.40. The summed E-state index contributed by atoms with van der Waals surface area (Å²) in [7, 11) is 0. The Bertz CT molecular complexity index is 743. The zero-order chi connectivity index (χ0) is 13.9. The summed E-state index contributed by atoms with van der Waals surface area (Å²) in [6.45, 7) is 1.95. The van der Waals surface area contributed by atoms with E-state index in [1.807, 2.05) is 31.2 Å². The smallest absolute Gasteiger partial charge is 0.238 e. The lowest BCUT2D eigenvalue weighted by molar-refractivity contribution is 0.945. The van der Waals surface area contributed by atoms with Gasteiger partial charge in [-0.3, -0.25) is 5.43 Å². The van der Waals surface area contributed by atoms with E-state index in [1.165, 1.54) is 11.8 Å². The van der Waals surface area contributed by atoms with E-state index in [9.17, 15) is 0 Å². The molecular formula is C13H12N6S. The monoisotopic (exact) mass is 284 g/mol. The maximum Gasteiger partial charge on any atom is 0.238 e. The molecule has 100 valence electrons. The summed E-state index contributed by atoms with van der Waals surface area (Å²) < 4.78 is 0. The van der Waals surface area contributed by atoms with Crippen LogP contribution in [0.5, 0.6) is 0 Å². The van der Waals surface area contributed by atoms with Crippen LogP contribution in [0, 0.1) is 6.92 Å². The van der Waals surface area contributed by atoms with Crippen LogP contribution in [-0.2, 0) is 0 Å². The fourth-order valence-corrected chi connectivity index (χ4v) is 2.51. The van der Waals surface area contributed by atoms with Crippen molar-refractivity contribution in [2.75, 3.05) is 5.43 Å². The lowest BCUT2D eigenvalue weighted by Gasteiger charge is -2.06. The minimum atomic E-state index is 0.373. The van der Waals surface area contributed by atoms with Crippen molar-refractivity contribution in [3.8, 4) is 0 Å². The summed E-state index contributed by atoms with van der Waals surface area (Å²) in [5, 5.41) is 2.36. The van der Waals surface area contributed by atoms with Gasteiger partial charge in [-0.25, -0.2) is 25.8 Å². The maximum atomic E-state index is 5.41. The quantitative estimate of drug-likeness (QED) is 0.329. The molecule has 0 spiro atoms. The minimum absolute atomic E-state index is 0.373. The normalized spacial score (nSPS) is 10.7. The Labute approximate surface area is 119 Å². The molecule has 0 saturated heterocycles. The van der Waals surface area contributed by atoms with Crippen LogP contribution < -0.4 is 11.3 Å². The van der Waals surface area contributed by atoms with Crippen LogP contribution in [0.1, 0.15) is 5.56 Å². The van der Waals surface area contributed by atoms with Gasteiger partial charge in [0.15, 0.2) is 5.16 Å². The number of benzene rings is 1. The van der Waals surface area contributed by atoms with Gasteiger partial charge in [-0.05, 0) is 30.3 Å². The Kier molecular flexibility index (Phi) is 3.44. The van der Waals surface area contributed by atoms with Gasteiger partial charge in [0.25, 0.3) is 0 Å². The van der Waals surface area contributed by atoms with Gasteiger partial charge in [-0.15, -0.1) is 0 Å². The molecule has 2 heterocycles. The van der Waals surface area contributed by atoms with E-state index >= 15 is 0 Å². The zero-order valence-corrected chi connectivity index (χ0v) is 11.6. The second-order valence-electron chi connectivity index (χ2n) is 4.16. The van der Waals surface area contributed by atoms with Crippen molar-refractivity contribution in [3.05, 3.63) is 42.2 Å². The number of hydrogen-bond acceptors (Lipinski definition) is 7. The highest BCUT2D eigenvalue weighted by atomic mass is 32.2. The highest BCUT2D eigenvalue weighted by Gasteiger charge is 2.09. The van der Waals surface area contributed by atoms with E-state index in [2.05, 4.69) is 25.4 Å². The van der Waals surface area contributed by atoms with Gasteiger partial charge in [-0.2, -0.15) is 0 Å². The summed E-state index contributed by atoms with van der Waals surface area (Å²) in [5.41, 5.74) is 4.32. The van der Waals surface area contributed by atoms with Gasteiger partial charge in [-0.1, -0.05) is 18.2 Å². The van der Waals surface area contributed by atoms with Gasteiger partial charge in [0.1, 0.15) is 5.03 Å². The summed E-state index contributed by atoms with van der Waals surface area (Å²) in [4.78, 5) is 17.2. The molecule has 1 aromatic carbocycles. The largest absolute Gasteiger partial charge is 0.292 e. The number of anilines is 1. The summed E-state index contributed by atoms with van der Waals surface area (Å²) in [5.74, 6) is 5.78. The van der Waals surface area contributed by atoms with Gasteiger partial charge in [0, 0.05) is 17.8 Å². The molecule has 3 rings (SSSR count). The molecule has 20 heavy (non-hydrogen) atoms. The zero-order valence-electron chi connectivity index (χ0n) is 10.7. The SMILES string of the molecule is Cc1cnc(Sc2nc(NN)nc3ccccc23)nc1. The van der Waals surface area contributed by atoms with Gasteiger partial charge in [0.05, 0.1) is 5.52 Å². The topological polar surface area (TPSA) is 89.6 Å². The molecule has 3 aromatic rings. The molecule has 0 aliphatic carbocycles. The Hall–Kier alpha value is -2.25. The highest BCUT2D eigenvalue weighted by molar-refractivity contribution is 7.99. The third kappa shape index (κ3) is 2.54. The third-order valence-electron chi connectivity index (χ3n) is 2.64. The van der Waals surface area contributed by atoms with Gasteiger partial charge >= 0.3 is 0 Å². The molecule has 0 fully saturated rings. The number of aromatic nitrogens is 4. The van der Waals surface area contributed by atoms with Crippen molar-refractivity contribution in [2.24, 2.45) is 5.84 Å². The molecule has 0 unspecified atom stereocenters. The third-order valence-corrected chi connectivity index (χ3v) is 3.54. The van der Waals surface area contributed by atoms with Gasteiger partial charge < -0.3 is 0 Å². The van der Waals surface area contributed by atoms with Crippen molar-refractivity contribution in [1.29, 1.82) is 0 Å². The number of aryl methyl sites for hydroxylation is 1. The molecule has 6 nitrogen and oxygen atoms in total. The van der Waals surface area contributed by atoms with E-state index < -0.39 is 0 Å². The standard InChI is InChI=1S/C13H12N6S/c1-8-6-15-13(16-7-8)20-11-9-4-2-3-5-10(9)17-12(18-11)19-14/h2-7H,14H2,1H3,(H,17,18,19). The van der Waals surface area contributed by atoms with Crippen LogP contribution in [0.4, 0.5) is 5.95 Å². The fourth-order valence-electron chi connectivity index (χ4n) is 1.71. The van der Waals surface area contributed by atoms with Crippen LogP contribution in [0.25, 0.3) is 10.9 Å². The average Bonchev–Trinajstić information content (AvgIpc) is 2.49. The molecule has 0 bridgehead atoms. The molecule has 0 aliphatic rings. The number of fused-ring (bicyclic) bond motifs is 1. The van der Waals surface area contributed by atoms with Crippen molar-refractivity contribution in [1.82, 2.24) is 19.9 Å². The predicted molar refractivity (Wildman–Crippen MR) is 78.2 cm³/mol. The first-order valence-electron chi connectivity index (χ1n) is 5.96. The van der Waals surface area contributed by atoms with Crippen molar-refractivity contribution in [3.63, 3.8) is 0 Å². The number of hydrogen-bond donors (Lipinski definition) is 2. The van der Waals surface area contributed by atoms with E-state index in [1.54, 1.807) is 12.4 Å². The van der Waals surface area contributed by atoms with Gasteiger partial charge in [0.2, 0.25) is 5.95 Å². The van der Waals surface area contributed by atoms with Crippen molar-refractivity contribution in [2.45, 2.75) is 17.1 Å². The maximum absolute atomic E-state index is 5.41. The summed E-state index contributed by atoms with van der Waals surface area (Å²) >= 11 is 1.39. The molecule has 7 heteroatoms. The number of rotatable bonds is 3. The molecule has 3 N–H and O–H groups in total. The van der Waals surface area contributed by atoms with Crippen LogP contribution >= 0.6 is 11.8 Å². The highest BCUT2D eigenvalue weighted by Crippen LogP contribution is 2.29. The van der Waals surface area contributed by atoms with Crippen LogP contribution in [-0.4, -0.2) is 19.9 Å². The molecule has 0 aliphatic heterocycles. The summed E-state index contributed by atoms with van der Waals surface area (Å²) in [6.07, 6.45) is 3.56. The molecule has 0 amide bonds. The Morgan fingerprint density at radius 3 is 2.60 bits per heavy atom. The number of para-hydroxylation sites is 1. The Balaban J connectivity index is 2.07.